The van der Waals surface area contributed by atoms with Crippen molar-refractivity contribution in [1.82, 2.24) is 0 Å². The number of benzene rings is 1. The molecule has 0 aliphatic rings. The Morgan fingerprint density at radius 3 is 2.55 bits per heavy atom. The van der Waals surface area contributed by atoms with Crippen LogP contribution in [0, 0.1) is 13.8 Å². The lowest BCUT2D eigenvalue weighted by Gasteiger charge is -1.99. The smallest absolute Gasteiger partial charge is 0.0872 e. The lowest BCUT2D eigenvalue weighted by Crippen LogP contribution is -1.80. The van der Waals surface area contributed by atoms with Crippen LogP contribution < -0.4 is 0 Å². The van der Waals surface area contributed by atoms with E-state index in [1.807, 2.05) is 32.0 Å². The molecule has 0 aliphatic heterocycles. The molecule has 0 bridgehead atoms. The number of hydrogen-bond acceptors (Lipinski definition) is 0. The zero-order chi connectivity index (χ0) is 8.27. The minimum Gasteiger partial charge on any atom is -0.216 e. The molecule has 1 aromatic rings. The Labute approximate surface area is 66.4 Å². The maximum absolute atomic E-state index is 11.8. The lowest BCUT2D eigenvalue weighted by atomic mass is 10.1. The summed E-state index contributed by atoms with van der Waals surface area (Å²) in [6.07, 6.45) is 2.03. The molecule has 0 atom stereocenters. The number of halogens is 1. The van der Waals surface area contributed by atoms with Crippen molar-refractivity contribution in [3.8, 4) is 0 Å². The van der Waals surface area contributed by atoms with Gasteiger partial charge in [-0.25, -0.2) is 4.39 Å². The minimum atomic E-state index is 0.567. The first kappa shape index (κ1) is 7.99. The predicted molar refractivity (Wildman–Crippen MR) is 46.1 cm³/mol. The Hall–Kier alpha value is -1.11. The van der Waals surface area contributed by atoms with Gasteiger partial charge in [0.05, 0.1) is 6.33 Å². The number of aryl methyl sites for hydroxylation is 2. The monoisotopic (exact) mass is 150 g/mol. The molecular weight excluding hydrogens is 139 g/mol. The molecular formula is C10H11F. The predicted octanol–water partition coefficient (Wildman–Crippen LogP) is 3.24. The fraction of sp³-hybridized carbons (Fsp3) is 0.200. The second-order valence-electron chi connectivity index (χ2n) is 2.65. The molecule has 0 radical (unpaired) electrons. The van der Waals surface area contributed by atoms with Gasteiger partial charge in [0.2, 0.25) is 0 Å². The highest BCUT2D eigenvalue weighted by Gasteiger charge is 1.92. The van der Waals surface area contributed by atoms with Crippen LogP contribution in [0.4, 0.5) is 4.39 Å². The van der Waals surface area contributed by atoms with Crippen LogP contribution in [0.5, 0.6) is 0 Å². The Morgan fingerprint density at radius 2 is 2.00 bits per heavy atom. The molecule has 1 rings (SSSR count). The van der Waals surface area contributed by atoms with E-state index in [0.29, 0.717) is 6.33 Å². The maximum atomic E-state index is 11.8. The first-order chi connectivity index (χ1) is 5.24. The summed E-state index contributed by atoms with van der Waals surface area (Å²) in [5, 5.41) is 0. The van der Waals surface area contributed by atoms with Crippen LogP contribution in [0.15, 0.2) is 24.5 Å². The normalized spacial score (nSPS) is 10.8. The SMILES string of the molecule is Cc1ccc(/C=C\F)c(C)c1. The van der Waals surface area contributed by atoms with Crippen molar-refractivity contribution in [2.24, 2.45) is 0 Å². The van der Waals surface area contributed by atoms with E-state index < -0.39 is 0 Å². The second-order valence-corrected chi connectivity index (χ2v) is 2.65. The zero-order valence-corrected chi connectivity index (χ0v) is 6.76. The Kier molecular flexibility index (Phi) is 2.42. The summed E-state index contributed by atoms with van der Waals surface area (Å²) in [5.41, 5.74) is 3.26. The highest BCUT2D eigenvalue weighted by Crippen LogP contribution is 2.11. The molecule has 1 heteroatoms. The maximum Gasteiger partial charge on any atom is 0.0872 e. The van der Waals surface area contributed by atoms with Crippen LogP contribution >= 0.6 is 0 Å². The summed E-state index contributed by atoms with van der Waals surface area (Å²) in [6.45, 7) is 4.00. The third kappa shape index (κ3) is 1.90. The van der Waals surface area contributed by atoms with Crippen LogP contribution in [0.1, 0.15) is 16.7 Å². The second kappa shape index (κ2) is 3.33. The number of rotatable bonds is 1. The third-order valence-electron chi connectivity index (χ3n) is 1.67. The van der Waals surface area contributed by atoms with Gasteiger partial charge in [0.15, 0.2) is 0 Å². The summed E-state index contributed by atoms with van der Waals surface area (Å²) in [7, 11) is 0. The molecule has 0 unspecified atom stereocenters. The van der Waals surface area contributed by atoms with Crippen LogP contribution in [-0.2, 0) is 0 Å². The van der Waals surface area contributed by atoms with Gasteiger partial charge in [0, 0.05) is 0 Å². The van der Waals surface area contributed by atoms with E-state index >= 15 is 0 Å². The Morgan fingerprint density at radius 1 is 1.27 bits per heavy atom. The largest absolute Gasteiger partial charge is 0.216 e. The third-order valence-corrected chi connectivity index (χ3v) is 1.67. The van der Waals surface area contributed by atoms with Gasteiger partial charge in [-0.3, -0.25) is 0 Å². The summed E-state index contributed by atoms with van der Waals surface area (Å²) in [6, 6.07) is 5.93. The first-order valence-corrected chi connectivity index (χ1v) is 3.58. The highest BCUT2D eigenvalue weighted by molar-refractivity contribution is 5.53. The fourth-order valence-corrected chi connectivity index (χ4v) is 1.08. The van der Waals surface area contributed by atoms with Crippen LogP contribution in [-0.4, -0.2) is 0 Å². The van der Waals surface area contributed by atoms with Gasteiger partial charge in [-0.2, -0.15) is 0 Å². The molecule has 58 valence electrons. The van der Waals surface area contributed by atoms with Crippen LogP contribution in [0.25, 0.3) is 6.08 Å². The fourth-order valence-electron chi connectivity index (χ4n) is 1.08. The molecule has 0 N–H and O–H groups in total. The number of hydrogen-bond donors (Lipinski definition) is 0. The van der Waals surface area contributed by atoms with Crippen LogP contribution in [0.2, 0.25) is 0 Å². The molecule has 0 saturated heterocycles. The molecule has 0 saturated carbocycles. The van der Waals surface area contributed by atoms with Gasteiger partial charge < -0.3 is 0 Å². The van der Waals surface area contributed by atoms with E-state index in [9.17, 15) is 4.39 Å². The molecule has 0 spiro atoms. The topological polar surface area (TPSA) is 0 Å². The van der Waals surface area contributed by atoms with Crippen molar-refractivity contribution in [2.75, 3.05) is 0 Å². The van der Waals surface area contributed by atoms with Gasteiger partial charge in [-0.15, -0.1) is 0 Å². The van der Waals surface area contributed by atoms with E-state index in [2.05, 4.69) is 0 Å². The van der Waals surface area contributed by atoms with E-state index in [0.717, 1.165) is 11.1 Å². The molecule has 1 aromatic carbocycles. The molecule has 0 aromatic heterocycles. The summed E-state index contributed by atoms with van der Waals surface area (Å²) < 4.78 is 11.8. The lowest BCUT2D eigenvalue weighted by molar-refractivity contribution is 0.727. The van der Waals surface area contributed by atoms with Crippen molar-refractivity contribution < 1.29 is 4.39 Å². The van der Waals surface area contributed by atoms with Gasteiger partial charge >= 0.3 is 0 Å². The molecule has 0 amide bonds. The van der Waals surface area contributed by atoms with Crippen molar-refractivity contribution in [3.05, 3.63) is 41.2 Å². The molecule has 0 aliphatic carbocycles. The quantitative estimate of drug-likeness (QED) is 0.576. The molecule has 0 nitrogen and oxygen atoms in total. The van der Waals surface area contributed by atoms with Crippen molar-refractivity contribution in [1.29, 1.82) is 0 Å². The van der Waals surface area contributed by atoms with E-state index in [-0.39, 0.29) is 0 Å². The minimum absolute atomic E-state index is 0.567. The first-order valence-electron chi connectivity index (χ1n) is 3.58. The average Bonchev–Trinajstić information content (AvgIpc) is 1.95. The van der Waals surface area contributed by atoms with Gasteiger partial charge in [0.1, 0.15) is 0 Å². The zero-order valence-electron chi connectivity index (χ0n) is 6.76. The van der Waals surface area contributed by atoms with E-state index in [1.54, 1.807) is 0 Å². The summed E-state index contributed by atoms with van der Waals surface area (Å²) in [4.78, 5) is 0. The van der Waals surface area contributed by atoms with Crippen LogP contribution in [0.3, 0.4) is 0 Å². The Bertz CT molecular complexity index is 274. The average molecular weight is 150 g/mol. The van der Waals surface area contributed by atoms with E-state index in [4.69, 9.17) is 0 Å². The van der Waals surface area contributed by atoms with Crippen molar-refractivity contribution >= 4 is 6.08 Å². The molecule has 0 fully saturated rings. The van der Waals surface area contributed by atoms with Gasteiger partial charge in [-0.1, -0.05) is 23.8 Å². The van der Waals surface area contributed by atoms with Crippen molar-refractivity contribution in [2.45, 2.75) is 13.8 Å². The Balaban J connectivity index is 3.09. The van der Waals surface area contributed by atoms with Crippen molar-refractivity contribution in [3.63, 3.8) is 0 Å². The van der Waals surface area contributed by atoms with Gasteiger partial charge in [-0.05, 0) is 31.1 Å². The summed E-state index contributed by atoms with van der Waals surface area (Å²) in [5.74, 6) is 0. The van der Waals surface area contributed by atoms with E-state index in [1.165, 1.54) is 11.6 Å². The standard InChI is InChI=1S/C10H11F/c1-8-3-4-10(5-6-11)9(2)7-8/h3-7H,1-2H3/b6-5-. The highest BCUT2D eigenvalue weighted by atomic mass is 19.1. The van der Waals surface area contributed by atoms with Gasteiger partial charge in [0.25, 0.3) is 0 Å². The summed E-state index contributed by atoms with van der Waals surface area (Å²) >= 11 is 0. The molecule has 11 heavy (non-hydrogen) atoms. The molecule has 0 heterocycles.